The molecule has 1 aliphatic rings. The van der Waals surface area contributed by atoms with E-state index in [0.29, 0.717) is 25.4 Å². The summed E-state index contributed by atoms with van der Waals surface area (Å²) < 4.78 is 5.71. The van der Waals surface area contributed by atoms with E-state index in [1.807, 2.05) is 13.8 Å². The first-order chi connectivity index (χ1) is 10.6. The number of amides is 1. The Bertz CT molecular complexity index is 657. The zero-order valence-corrected chi connectivity index (χ0v) is 12.6. The van der Waals surface area contributed by atoms with Gasteiger partial charge < -0.3 is 9.64 Å². The van der Waals surface area contributed by atoms with Gasteiger partial charge in [-0.25, -0.2) is 4.98 Å². The molecule has 1 aliphatic heterocycles. The molecule has 3 rings (SSSR count). The lowest BCUT2D eigenvalue weighted by Gasteiger charge is -2.32. The minimum atomic E-state index is -0.260. The summed E-state index contributed by atoms with van der Waals surface area (Å²) in [6, 6.07) is 0. The van der Waals surface area contributed by atoms with Crippen molar-refractivity contribution in [1.29, 1.82) is 0 Å². The van der Waals surface area contributed by atoms with Gasteiger partial charge in [-0.1, -0.05) is 0 Å². The van der Waals surface area contributed by atoms with Crippen molar-refractivity contribution < 1.29 is 9.53 Å². The first-order valence-corrected chi connectivity index (χ1v) is 7.11. The Kier molecular flexibility index (Phi) is 4.06. The number of rotatable bonds is 2. The van der Waals surface area contributed by atoms with Crippen LogP contribution in [0, 0.1) is 13.8 Å². The van der Waals surface area contributed by atoms with E-state index in [0.717, 1.165) is 17.1 Å². The topological polar surface area (TPSA) is 81.1 Å². The van der Waals surface area contributed by atoms with Crippen molar-refractivity contribution in [2.45, 2.75) is 20.0 Å². The highest BCUT2D eigenvalue weighted by atomic mass is 16.5. The van der Waals surface area contributed by atoms with E-state index in [1.54, 1.807) is 23.5 Å². The van der Waals surface area contributed by atoms with Gasteiger partial charge >= 0.3 is 0 Å². The van der Waals surface area contributed by atoms with E-state index in [9.17, 15) is 4.79 Å². The van der Waals surface area contributed by atoms with Crippen LogP contribution in [-0.4, -0.2) is 50.4 Å². The molecule has 114 valence electrons. The molecule has 1 atom stereocenters. The third kappa shape index (κ3) is 3.09. The Labute approximate surface area is 128 Å². The summed E-state index contributed by atoms with van der Waals surface area (Å²) in [6.07, 6.45) is 6.24. The SMILES string of the molecule is Cc1cnc(C(=O)N2CCOC(c3cnc(C)cn3)C2)cn1. The maximum Gasteiger partial charge on any atom is 0.274 e. The molecule has 2 aromatic heterocycles. The largest absolute Gasteiger partial charge is 0.368 e. The van der Waals surface area contributed by atoms with Gasteiger partial charge in [0.05, 0.1) is 42.6 Å². The van der Waals surface area contributed by atoms with Gasteiger partial charge in [0.2, 0.25) is 0 Å². The second-order valence-electron chi connectivity index (χ2n) is 5.24. The zero-order valence-electron chi connectivity index (χ0n) is 12.6. The average molecular weight is 299 g/mol. The van der Waals surface area contributed by atoms with Crippen LogP contribution in [0.15, 0.2) is 24.8 Å². The fourth-order valence-corrected chi connectivity index (χ4v) is 2.25. The molecule has 1 amide bonds. The highest BCUT2D eigenvalue weighted by Crippen LogP contribution is 2.20. The summed E-state index contributed by atoms with van der Waals surface area (Å²) in [7, 11) is 0. The Morgan fingerprint density at radius 3 is 2.45 bits per heavy atom. The molecule has 2 aromatic rings. The Morgan fingerprint density at radius 1 is 1.09 bits per heavy atom. The van der Waals surface area contributed by atoms with Crippen molar-refractivity contribution in [3.8, 4) is 0 Å². The highest BCUT2D eigenvalue weighted by Gasteiger charge is 2.27. The van der Waals surface area contributed by atoms with Crippen molar-refractivity contribution in [2.24, 2.45) is 0 Å². The number of aryl methyl sites for hydroxylation is 2. The molecule has 7 heteroatoms. The number of morpholine rings is 1. The summed E-state index contributed by atoms with van der Waals surface area (Å²) in [5, 5.41) is 0. The molecule has 0 radical (unpaired) electrons. The van der Waals surface area contributed by atoms with Crippen molar-refractivity contribution in [3.63, 3.8) is 0 Å². The van der Waals surface area contributed by atoms with Gasteiger partial charge in [-0.2, -0.15) is 0 Å². The number of aromatic nitrogens is 4. The van der Waals surface area contributed by atoms with E-state index in [-0.39, 0.29) is 12.0 Å². The zero-order chi connectivity index (χ0) is 15.5. The Balaban J connectivity index is 1.73. The summed E-state index contributed by atoms with van der Waals surface area (Å²) in [5.41, 5.74) is 2.72. The van der Waals surface area contributed by atoms with E-state index in [1.165, 1.54) is 6.20 Å². The number of carbonyl (C=O) groups excluding carboxylic acids is 1. The van der Waals surface area contributed by atoms with Gasteiger partial charge in [0, 0.05) is 18.9 Å². The number of carbonyl (C=O) groups is 1. The van der Waals surface area contributed by atoms with E-state index in [2.05, 4.69) is 19.9 Å². The molecule has 1 saturated heterocycles. The number of ether oxygens (including phenoxy) is 1. The smallest absolute Gasteiger partial charge is 0.274 e. The molecule has 22 heavy (non-hydrogen) atoms. The lowest BCUT2D eigenvalue weighted by molar-refractivity contribution is -0.0251. The van der Waals surface area contributed by atoms with Gasteiger partial charge in [-0.15, -0.1) is 0 Å². The van der Waals surface area contributed by atoms with Gasteiger partial charge in [0.15, 0.2) is 0 Å². The van der Waals surface area contributed by atoms with Crippen molar-refractivity contribution in [3.05, 3.63) is 47.6 Å². The second-order valence-corrected chi connectivity index (χ2v) is 5.24. The molecule has 3 heterocycles. The van der Waals surface area contributed by atoms with E-state index < -0.39 is 0 Å². The van der Waals surface area contributed by atoms with Crippen LogP contribution in [0.1, 0.15) is 33.7 Å². The molecular weight excluding hydrogens is 282 g/mol. The van der Waals surface area contributed by atoms with Gasteiger partial charge in [0.1, 0.15) is 11.8 Å². The number of nitrogens with zero attached hydrogens (tertiary/aromatic N) is 5. The minimum Gasteiger partial charge on any atom is -0.368 e. The molecule has 1 fully saturated rings. The van der Waals surface area contributed by atoms with Crippen LogP contribution in [0.25, 0.3) is 0 Å². The number of hydrogen-bond donors (Lipinski definition) is 0. The molecular formula is C15H17N5O2. The molecule has 7 nitrogen and oxygen atoms in total. The first-order valence-electron chi connectivity index (χ1n) is 7.11. The minimum absolute atomic E-state index is 0.138. The van der Waals surface area contributed by atoms with Crippen LogP contribution < -0.4 is 0 Å². The molecule has 0 saturated carbocycles. The van der Waals surface area contributed by atoms with Crippen LogP contribution in [0.3, 0.4) is 0 Å². The standard InChI is InChI=1S/C15H17N5O2/c1-10-5-18-12(7-16-10)14-9-20(3-4-22-14)15(21)13-8-17-11(2)6-19-13/h5-8,14H,3-4,9H2,1-2H3. The Morgan fingerprint density at radius 2 is 1.82 bits per heavy atom. The van der Waals surface area contributed by atoms with E-state index in [4.69, 9.17) is 4.74 Å². The predicted octanol–water partition coefficient (Wildman–Crippen LogP) is 1.10. The van der Waals surface area contributed by atoms with Crippen LogP contribution in [0.5, 0.6) is 0 Å². The highest BCUT2D eigenvalue weighted by molar-refractivity contribution is 5.92. The summed E-state index contributed by atoms with van der Waals surface area (Å²) in [5.74, 6) is -0.138. The van der Waals surface area contributed by atoms with Crippen LogP contribution in [0.4, 0.5) is 0 Å². The van der Waals surface area contributed by atoms with Crippen molar-refractivity contribution in [2.75, 3.05) is 19.7 Å². The molecule has 0 bridgehead atoms. The maximum atomic E-state index is 12.5. The lowest BCUT2D eigenvalue weighted by atomic mass is 10.2. The summed E-state index contributed by atoms with van der Waals surface area (Å²) in [6.45, 7) is 5.15. The molecule has 0 aliphatic carbocycles. The fraction of sp³-hybridized carbons (Fsp3) is 0.400. The van der Waals surface area contributed by atoms with Crippen molar-refractivity contribution in [1.82, 2.24) is 24.8 Å². The third-order valence-electron chi connectivity index (χ3n) is 3.48. The van der Waals surface area contributed by atoms with Crippen LogP contribution in [-0.2, 0) is 4.74 Å². The molecule has 0 N–H and O–H groups in total. The molecule has 1 unspecified atom stereocenters. The normalized spacial score (nSPS) is 18.3. The number of hydrogen-bond acceptors (Lipinski definition) is 6. The lowest BCUT2D eigenvalue weighted by Crippen LogP contribution is -2.42. The quantitative estimate of drug-likeness (QED) is 0.826. The monoisotopic (exact) mass is 299 g/mol. The molecule has 0 spiro atoms. The Hall–Kier alpha value is -2.41. The van der Waals surface area contributed by atoms with Crippen LogP contribution >= 0.6 is 0 Å². The van der Waals surface area contributed by atoms with Crippen LogP contribution in [0.2, 0.25) is 0 Å². The van der Waals surface area contributed by atoms with Gasteiger partial charge in [0.25, 0.3) is 5.91 Å². The average Bonchev–Trinajstić information content (AvgIpc) is 2.56. The van der Waals surface area contributed by atoms with E-state index >= 15 is 0 Å². The van der Waals surface area contributed by atoms with Gasteiger partial charge in [-0.05, 0) is 13.8 Å². The maximum absolute atomic E-state index is 12.5. The summed E-state index contributed by atoms with van der Waals surface area (Å²) in [4.78, 5) is 31.0. The van der Waals surface area contributed by atoms with Crippen molar-refractivity contribution >= 4 is 5.91 Å². The first kappa shape index (κ1) is 14.5. The third-order valence-corrected chi connectivity index (χ3v) is 3.48. The second kappa shape index (κ2) is 6.15. The fourth-order valence-electron chi connectivity index (χ4n) is 2.25. The van der Waals surface area contributed by atoms with Gasteiger partial charge in [-0.3, -0.25) is 19.7 Å². The summed E-state index contributed by atoms with van der Waals surface area (Å²) >= 11 is 0. The predicted molar refractivity (Wildman–Crippen MR) is 78.1 cm³/mol. The molecule has 0 aromatic carbocycles.